The first-order valence-corrected chi connectivity index (χ1v) is 19.7. The molecule has 4 aromatic rings. The summed E-state index contributed by atoms with van der Waals surface area (Å²) in [6.45, 7) is 14.4. The highest BCUT2D eigenvalue weighted by Crippen LogP contribution is 2.40. The summed E-state index contributed by atoms with van der Waals surface area (Å²) in [6.07, 6.45) is 5.55. The molecule has 2 aromatic heterocycles. The van der Waals surface area contributed by atoms with Crippen LogP contribution in [0.1, 0.15) is 42.3 Å². The number of piperazine rings is 1. The van der Waals surface area contributed by atoms with Crippen molar-refractivity contribution < 1.29 is 9.30 Å². The van der Waals surface area contributed by atoms with Gasteiger partial charge in [0.25, 0.3) is 0 Å². The molecule has 0 bridgehead atoms. The minimum absolute atomic E-state index is 0.485. The number of methoxy groups -OCH3 is 1. The van der Waals surface area contributed by atoms with E-state index in [-0.39, 0.29) is 0 Å². The molecule has 6 rings (SSSR count). The van der Waals surface area contributed by atoms with Crippen LogP contribution in [-0.4, -0.2) is 85.6 Å². The second-order valence-electron chi connectivity index (χ2n) is 12.8. The molecule has 2 saturated heterocycles. The molecule has 0 amide bonds. The summed E-state index contributed by atoms with van der Waals surface area (Å²) in [5.74, 6) is 1.25. The molecule has 0 atom stereocenters. The van der Waals surface area contributed by atoms with Crippen LogP contribution in [0.5, 0.6) is 5.75 Å². The Hall–Kier alpha value is -3.04. The average Bonchev–Trinajstić information content (AvgIpc) is 3.06. The summed E-state index contributed by atoms with van der Waals surface area (Å²) in [6, 6.07) is 13.1. The molecule has 2 aromatic carbocycles. The van der Waals surface area contributed by atoms with E-state index in [4.69, 9.17) is 9.72 Å². The van der Waals surface area contributed by atoms with Gasteiger partial charge in [0.2, 0.25) is 5.95 Å². The summed E-state index contributed by atoms with van der Waals surface area (Å²) in [5.41, 5.74) is 6.95. The fourth-order valence-corrected chi connectivity index (χ4v) is 8.92. The van der Waals surface area contributed by atoms with Crippen molar-refractivity contribution in [3.05, 3.63) is 69.6 Å². The van der Waals surface area contributed by atoms with Crippen molar-refractivity contribution in [2.24, 2.45) is 0 Å². The van der Waals surface area contributed by atoms with Crippen LogP contribution in [0.4, 0.5) is 17.3 Å². The first-order chi connectivity index (χ1) is 22.1. The van der Waals surface area contributed by atoms with Crippen LogP contribution in [0.2, 0.25) is 0 Å². The average molecular weight is 707 g/mol. The van der Waals surface area contributed by atoms with Gasteiger partial charge in [0, 0.05) is 86.1 Å². The predicted molar refractivity (Wildman–Crippen MR) is 193 cm³/mol. The molecule has 46 heavy (non-hydrogen) atoms. The number of nitrogens with one attached hydrogen (secondary N) is 2. The van der Waals surface area contributed by atoms with Gasteiger partial charge in [-0.2, -0.15) is 0 Å². The molecule has 0 unspecified atom stereocenters. The number of nitrogens with zero attached hydrogens (tertiary/aromatic N) is 5. The molecule has 0 spiro atoms. The highest BCUT2D eigenvalue weighted by atomic mass is 79.9. The number of aromatic nitrogens is 3. The summed E-state index contributed by atoms with van der Waals surface area (Å²) >= 11 is 3.67. The molecule has 2 aliphatic rings. The smallest absolute Gasteiger partial charge is 0.227 e. The highest BCUT2D eigenvalue weighted by Gasteiger charge is 2.27. The lowest BCUT2D eigenvalue weighted by Gasteiger charge is -2.41. The number of hydrogen-bond acceptors (Lipinski definition) is 9. The van der Waals surface area contributed by atoms with Crippen LogP contribution < -0.4 is 25.6 Å². The third kappa shape index (κ3) is 7.10. The summed E-state index contributed by atoms with van der Waals surface area (Å²) < 4.78 is 20.3. The normalized spacial score (nSPS) is 16.6. The summed E-state index contributed by atoms with van der Waals surface area (Å²) in [5, 5.41) is 8.72. The fourth-order valence-electron chi connectivity index (χ4n) is 6.98. The van der Waals surface area contributed by atoms with E-state index >= 15 is 0 Å². The van der Waals surface area contributed by atoms with Crippen LogP contribution in [0.15, 0.2) is 47.1 Å². The minimum atomic E-state index is -2.62. The molecule has 2 N–H and O–H groups in total. The fraction of sp³-hybridized carbons (Fsp3) is 0.457. The molecule has 0 radical (unpaired) electrons. The number of piperidine rings is 1. The maximum absolute atomic E-state index is 13.6. The topological polar surface area (TPSA) is 95.5 Å². The van der Waals surface area contributed by atoms with E-state index in [1.807, 2.05) is 44.5 Å². The van der Waals surface area contributed by atoms with E-state index in [1.54, 1.807) is 13.3 Å². The van der Waals surface area contributed by atoms with Gasteiger partial charge in [-0.05, 0) is 84.8 Å². The molecule has 11 heteroatoms. The Morgan fingerprint density at radius 1 is 1.04 bits per heavy atom. The van der Waals surface area contributed by atoms with Gasteiger partial charge in [0.15, 0.2) is 0 Å². The van der Waals surface area contributed by atoms with Crippen LogP contribution in [0, 0.1) is 6.92 Å². The SMILES string of the molecule is CCc1cc(Nc2ncc(Br)c(Cc3ccc4nc(C)ccc4c3P(C)(C)=O)n2)c(OC)cc1N1CCC(N2CCNCC2)CC1. The zero-order valence-corrected chi connectivity index (χ0v) is 30.0. The third-order valence-electron chi connectivity index (χ3n) is 9.28. The van der Waals surface area contributed by atoms with Crippen molar-refractivity contribution in [2.45, 2.75) is 45.6 Å². The van der Waals surface area contributed by atoms with E-state index in [0.717, 1.165) is 94.8 Å². The van der Waals surface area contributed by atoms with Crippen molar-refractivity contribution in [3.8, 4) is 5.75 Å². The number of benzene rings is 2. The lowest BCUT2D eigenvalue weighted by atomic mass is 9.99. The Bertz CT molecular complexity index is 1760. The Morgan fingerprint density at radius 3 is 2.50 bits per heavy atom. The highest BCUT2D eigenvalue weighted by molar-refractivity contribution is 9.10. The molecule has 2 aliphatic heterocycles. The van der Waals surface area contributed by atoms with Gasteiger partial charge < -0.3 is 24.8 Å². The molecular formula is C35H45BrN7O2P. The molecule has 0 saturated carbocycles. The zero-order chi connectivity index (χ0) is 32.4. The van der Waals surface area contributed by atoms with Gasteiger partial charge in [-0.25, -0.2) is 9.97 Å². The second kappa shape index (κ2) is 14.0. The summed E-state index contributed by atoms with van der Waals surface area (Å²) in [7, 11) is -0.908. The van der Waals surface area contributed by atoms with E-state index in [9.17, 15) is 4.57 Å². The van der Waals surface area contributed by atoms with Crippen molar-refractivity contribution in [3.63, 3.8) is 0 Å². The van der Waals surface area contributed by atoms with Crippen LogP contribution in [0.3, 0.4) is 0 Å². The number of hydrogen-bond donors (Lipinski definition) is 2. The zero-order valence-electron chi connectivity index (χ0n) is 27.6. The van der Waals surface area contributed by atoms with Crippen molar-refractivity contribution >= 4 is 56.6 Å². The monoisotopic (exact) mass is 705 g/mol. The Kier molecular flexibility index (Phi) is 9.99. The molecule has 4 heterocycles. The van der Waals surface area contributed by atoms with Gasteiger partial charge in [-0.1, -0.05) is 19.1 Å². The van der Waals surface area contributed by atoms with E-state index in [1.165, 1.54) is 24.1 Å². The van der Waals surface area contributed by atoms with Crippen LogP contribution in [-0.2, 0) is 17.4 Å². The molecular weight excluding hydrogens is 661 g/mol. The van der Waals surface area contributed by atoms with Gasteiger partial charge in [-0.3, -0.25) is 9.88 Å². The maximum Gasteiger partial charge on any atom is 0.227 e. The molecule has 2 fully saturated rings. The van der Waals surface area contributed by atoms with Crippen molar-refractivity contribution in [1.29, 1.82) is 0 Å². The van der Waals surface area contributed by atoms with Crippen LogP contribution >= 0.6 is 23.1 Å². The summed E-state index contributed by atoms with van der Waals surface area (Å²) in [4.78, 5) is 19.4. The van der Waals surface area contributed by atoms with Gasteiger partial charge in [0.05, 0.1) is 28.5 Å². The van der Waals surface area contributed by atoms with E-state index in [2.05, 4.69) is 65.4 Å². The number of aryl methyl sites for hydroxylation is 2. The third-order valence-corrected chi connectivity index (χ3v) is 11.5. The number of pyridine rings is 1. The Morgan fingerprint density at radius 2 is 1.80 bits per heavy atom. The first-order valence-electron chi connectivity index (χ1n) is 16.3. The maximum atomic E-state index is 13.6. The second-order valence-corrected chi connectivity index (χ2v) is 16.8. The van der Waals surface area contributed by atoms with Gasteiger partial charge in [0.1, 0.15) is 12.9 Å². The number of anilines is 3. The number of halogens is 1. The first kappa shape index (κ1) is 32.9. The predicted octanol–water partition coefficient (Wildman–Crippen LogP) is 6.12. The molecule has 9 nitrogen and oxygen atoms in total. The molecule has 244 valence electrons. The quantitative estimate of drug-likeness (QED) is 0.200. The number of fused-ring (bicyclic) bond motifs is 1. The lowest BCUT2D eigenvalue weighted by molar-refractivity contribution is 0.150. The van der Waals surface area contributed by atoms with E-state index < -0.39 is 7.14 Å². The Balaban J connectivity index is 1.25. The van der Waals surface area contributed by atoms with Gasteiger partial charge >= 0.3 is 0 Å². The largest absolute Gasteiger partial charge is 0.494 e. The Labute approximate surface area is 281 Å². The van der Waals surface area contributed by atoms with Gasteiger partial charge in [-0.15, -0.1) is 0 Å². The van der Waals surface area contributed by atoms with Crippen molar-refractivity contribution in [1.82, 2.24) is 25.2 Å². The standard InChI is InChI=1S/C35H45BrN7O2P/c1-6-24-19-31(33(45-3)21-32(24)43-15-11-26(12-16-43)42-17-13-37-14-18-42)41-35-38-22-28(36)30(40-35)20-25-8-10-29-27(9-7-23(2)39-29)34(25)46(4,5)44/h7-10,19,21-22,26,37H,6,11-18,20H2,1-5H3,(H,38,40,41). The number of ether oxygens (including phenoxy) is 1. The lowest BCUT2D eigenvalue weighted by Crippen LogP contribution is -2.52. The van der Waals surface area contributed by atoms with Crippen LogP contribution in [0.25, 0.3) is 10.9 Å². The minimum Gasteiger partial charge on any atom is -0.494 e. The number of rotatable bonds is 9. The van der Waals surface area contributed by atoms with Crippen molar-refractivity contribution in [2.75, 3.05) is 69.9 Å². The molecule has 0 aliphatic carbocycles. The van der Waals surface area contributed by atoms with E-state index in [0.29, 0.717) is 18.4 Å².